The molecule has 0 aliphatic heterocycles. The number of likely N-dealkylation sites (N-methyl/N-ethyl adjacent to an activating group) is 1. The van der Waals surface area contributed by atoms with Crippen LogP contribution in [0, 0.1) is 11.8 Å². The first kappa shape index (κ1) is 14.6. The van der Waals surface area contributed by atoms with E-state index >= 15 is 0 Å². The molecule has 4 atom stereocenters. The molecule has 106 valence electrons. The van der Waals surface area contributed by atoms with Crippen molar-refractivity contribution in [1.82, 2.24) is 5.32 Å². The van der Waals surface area contributed by atoms with Gasteiger partial charge in [0.25, 0.3) is 0 Å². The zero-order valence-electron chi connectivity index (χ0n) is 12.7. The Morgan fingerprint density at radius 2 is 1.84 bits per heavy atom. The highest BCUT2D eigenvalue weighted by Gasteiger charge is 2.33. The van der Waals surface area contributed by atoms with E-state index in [-0.39, 0.29) is 0 Å². The highest BCUT2D eigenvalue weighted by molar-refractivity contribution is 5.21. The van der Waals surface area contributed by atoms with E-state index in [1.807, 2.05) is 0 Å². The molecule has 0 heterocycles. The number of benzene rings is 1. The van der Waals surface area contributed by atoms with Gasteiger partial charge in [-0.15, -0.1) is 0 Å². The summed E-state index contributed by atoms with van der Waals surface area (Å²) in [5.74, 6) is 2.36. The van der Waals surface area contributed by atoms with Gasteiger partial charge in [-0.25, -0.2) is 0 Å². The molecule has 2 rings (SSSR count). The first-order valence-corrected chi connectivity index (χ1v) is 8.00. The van der Waals surface area contributed by atoms with Crippen molar-refractivity contribution in [1.29, 1.82) is 0 Å². The summed E-state index contributed by atoms with van der Waals surface area (Å²) in [6, 6.07) is 11.6. The van der Waals surface area contributed by atoms with Crippen LogP contribution in [0.15, 0.2) is 30.3 Å². The zero-order valence-corrected chi connectivity index (χ0v) is 12.7. The molecule has 0 saturated heterocycles. The van der Waals surface area contributed by atoms with Crippen molar-refractivity contribution in [2.75, 3.05) is 7.05 Å². The van der Waals surface area contributed by atoms with Crippen LogP contribution in [0.2, 0.25) is 0 Å². The molecule has 1 saturated carbocycles. The Labute approximate surface area is 118 Å². The second kappa shape index (κ2) is 7.09. The molecule has 0 bridgehead atoms. The molecule has 1 aliphatic rings. The lowest BCUT2D eigenvalue weighted by Gasteiger charge is -2.39. The maximum atomic E-state index is 3.63. The van der Waals surface area contributed by atoms with E-state index in [2.05, 4.69) is 56.5 Å². The van der Waals surface area contributed by atoms with Crippen LogP contribution in [-0.2, 0) is 0 Å². The average molecular weight is 259 g/mol. The van der Waals surface area contributed by atoms with Crippen LogP contribution in [0.3, 0.4) is 0 Å². The summed E-state index contributed by atoms with van der Waals surface area (Å²) < 4.78 is 0. The largest absolute Gasteiger partial charge is 0.316 e. The van der Waals surface area contributed by atoms with Crippen molar-refractivity contribution >= 4 is 0 Å². The Kier molecular flexibility index (Phi) is 5.45. The zero-order chi connectivity index (χ0) is 13.7. The van der Waals surface area contributed by atoms with Gasteiger partial charge >= 0.3 is 0 Å². The summed E-state index contributed by atoms with van der Waals surface area (Å²) in [6.07, 6.45) is 7.03. The monoisotopic (exact) mass is 259 g/mol. The second-order valence-corrected chi connectivity index (χ2v) is 6.13. The topological polar surface area (TPSA) is 12.0 Å². The molecule has 19 heavy (non-hydrogen) atoms. The highest BCUT2D eigenvalue weighted by Crippen LogP contribution is 2.38. The van der Waals surface area contributed by atoms with Crippen LogP contribution in [0.25, 0.3) is 0 Å². The highest BCUT2D eigenvalue weighted by atomic mass is 14.9. The van der Waals surface area contributed by atoms with E-state index in [1.54, 1.807) is 0 Å². The molecular formula is C18H29N. The molecule has 1 heteroatoms. The van der Waals surface area contributed by atoms with Crippen LogP contribution in [0.4, 0.5) is 0 Å². The molecule has 1 fully saturated rings. The SMILES string of the molecule is CCC1CCCCC1C(NC)C(C)c1ccccc1. The standard InChI is InChI=1S/C18H29N/c1-4-15-10-8-9-13-17(15)18(19-3)14(2)16-11-6-5-7-12-16/h5-7,11-12,14-15,17-19H,4,8-10,13H2,1-3H3. The van der Waals surface area contributed by atoms with Crippen molar-refractivity contribution in [3.05, 3.63) is 35.9 Å². The van der Waals surface area contributed by atoms with Gasteiger partial charge in [0.15, 0.2) is 0 Å². The molecule has 1 aromatic carbocycles. The fourth-order valence-corrected chi connectivity index (χ4v) is 4.01. The van der Waals surface area contributed by atoms with E-state index < -0.39 is 0 Å². The van der Waals surface area contributed by atoms with E-state index in [4.69, 9.17) is 0 Å². The first-order valence-electron chi connectivity index (χ1n) is 8.00. The Hall–Kier alpha value is -0.820. The van der Waals surface area contributed by atoms with Crippen molar-refractivity contribution in [3.8, 4) is 0 Å². The fraction of sp³-hybridized carbons (Fsp3) is 0.667. The minimum atomic E-state index is 0.600. The Bertz CT molecular complexity index is 359. The lowest BCUT2D eigenvalue weighted by Crippen LogP contribution is -2.42. The predicted octanol–water partition coefficient (Wildman–Crippen LogP) is 4.59. The average Bonchev–Trinajstić information content (AvgIpc) is 2.49. The molecule has 1 aliphatic carbocycles. The smallest absolute Gasteiger partial charge is 0.0161 e. The summed E-state index contributed by atoms with van der Waals surface area (Å²) in [6.45, 7) is 4.75. The lowest BCUT2D eigenvalue weighted by molar-refractivity contribution is 0.166. The van der Waals surface area contributed by atoms with Gasteiger partial charge in [0, 0.05) is 6.04 Å². The van der Waals surface area contributed by atoms with Gasteiger partial charge in [0.05, 0.1) is 0 Å². The molecule has 0 amide bonds. The van der Waals surface area contributed by atoms with E-state index in [0.717, 1.165) is 11.8 Å². The van der Waals surface area contributed by atoms with Gasteiger partial charge in [-0.3, -0.25) is 0 Å². The third kappa shape index (κ3) is 3.39. The fourth-order valence-electron chi connectivity index (χ4n) is 4.01. The number of nitrogens with one attached hydrogen (secondary N) is 1. The van der Waals surface area contributed by atoms with Gasteiger partial charge in [0.2, 0.25) is 0 Å². The van der Waals surface area contributed by atoms with Gasteiger partial charge < -0.3 is 5.32 Å². The summed E-state index contributed by atoms with van der Waals surface area (Å²) in [5.41, 5.74) is 1.47. The molecule has 0 radical (unpaired) electrons. The van der Waals surface area contributed by atoms with Gasteiger partial charge in [0.1, 0.15) is 0 Å². The van der Waals surface area contributed by atoms with Crippen molar-refractivity contribution < 1.29 is 0 Å². The third-order valence-electron chi connectivity index (χ3n) is 5.15. The quantitative estimate of drug-likeness (QED) is 0.815. The Morgan fingerprint density at radius 1 is 1.16 bits per heavy atom. The third-order valence-corrected chi connectivity index (χ3v) is 5.15. The van der Waals surface area contributed by atoms with Crippen LogP contribution in [-0.4, -0.2) is 13.1 Å². The number of hydrogen-bond acceptors (Lipinski definition) is 1. The Morgan fingerprint density at radius 3 is 2.47 bits per heavy atom. The number of rotatable bonds is 5. The van der Waals surface area contributed by atoms with Crippen LogP contribution in [0.5, 0.6) is 0 Å². The molecule has 0 spiro atoms. The van der Waals surface area contributed by atoms with Crippen molar-refractivity contribution in [2.45, 2.75) is 57.9 Å². The predicted molar refractivity (Wildman–Crippen MR) is 83.4 cm³/mol. The summed E-state index contributed by atoms with van der Waals surface area (Å²) in [4.78, 5) is 0. The maximum Gasteiger partial charge on any atom is 0.0161 e. The number of hydrogen-bond donors (Lipinski definition) is 1. The van der Waals surface area contributed by atoms with E-state index in [9.17, 15) is 0 Å². The minimum Gasteiger partial charge on any atom is -0.316 e. The second-order valence-electron chi connectivity index (χ2n) is 6.13. The van der Waals surface area contributed by atoms with Crippen LogP contribution < -0.4 is 5.32 Å². The Balaban J connectivity index is 2.14. The summed E-state index contributed by atoms with van der Waals surface area (Å²) >= 11 is 0. The molecule has 0 aromatic heterocycles. The molecule has 4 unspecified atom stereocenters. The summed E-state index contributed by atoms with van der Waals surface area (Å²) in [5, 5.41) is 3.63. The van der Waals surface area contributed by atoms with Gasteiger partial charge in [-0.05, 0) is 36.8 Å². The van der Waals surface area contributed by atoms with Gasteiger partial charge in [-0.2, -0.15) is 0 Å². The van der Waals surface area contributed by atoms with Crippen molar-refractivity contribution in [2.24, 2.45) is 11.8 Å². The van der Waals surface area contributed by atoms with Gasteiger partial charge in [-0.1, -0.05) is 69.9 Å². The molecular weight excluding hydrogens is 230 g/mol. The molecule has 1 N–H and O–H groups in total. The van der Waals surface area contributed by atoms with E-state index in [1.165, 1.54) is 37.7 Å². The van der Waals surface area contributed by atoms with Crippen LogP contribution in [0.1, 0.15) is 57.4 Å². The van der Waals surface area contributed by atoms with Crippen LogP contribution >= 0.6 is 0 Å². The summed E-state index contributed by atoms with van der Waals surface area (Å²) in [7, 11) is 2.14. The normalized spacial score (nSPS) is 26.9. The molecule has 1 nitrogen and oxygen atoms in total. The lowest BCUT2D eigenvalue weighted by atomic mass is 9.70. The molecule has 1 aromatic rings. The van der Waals surface area contributed by atoms with E-state index in [0.29, 0.717) is 12.0 Å². The minimum absolute atomic E-state index is 0.600. The first-order chi connectivity index (χ1) is 9.27. The maximum absolute atomic E-state index is 3.63. The van der Waals surface area contributed by atoms with Crippen molar-refractivity contribution in [3.63, 3.8) is 0 Å².